The molecule has 3 heterocycles. The highest BCUT2D eigenvalue weighted by Gasteiger charge is 2.34. The number of amides is 2. The zero-order chi connectivity index (χ0) is 20.4. The van der Waals surface area contributed by atoms with E-state index >= 15 is 0 Å². The zero-order valence-corrected chi connectivity index (χ0v) is 17.2. The maximum Gasteiger partial charge on any atom is 0.262 e. The third kappa shape index (κ3) is 4.25. The molecule has 8 nitrogen and oxygen atoms in total. The van der Waals surface area contributed by atoms with Crippen LogP contribution in [0.2, 0.25) is 0 Å². The number of hydrogen-bond acceptors (Lipinski definition) is 5. The van der Waals surface area contributed by atoms with E-state index in [-0.39, 0.29) is 29.2 Å². The van der Waals surface area contributed by atoms with Gasteiger partial charge in [-0.25, -0.2) is 8.42 Å². The molecule has 0 radical (unpaired) electrons. The molecule has 4 rings (SSSR count). The van der Waals surface area contributed by atoms with Crippen LogP contribution >= 0.6 is 0 Å². The molecule has 3 aliphatic heterocycles. The Balaban J connectivity index is 1.41. The van der Waals surface area contributed by atoms with Crippen LogP contribution in [0.1, 0.15) is 38.5 Å². The highest BCUT2D eigenvalue weighted by molar-refractivity contribution is 7.89. The number of fused-ring (bicyclic) bond motifs is 1. The lowest BCUT2D eigenvalue weighted by atomic mass is 9.96. The van der Waals surface area contributed by atoms with Crippen LogP contribution in [0.5, 0.6) is 5.75 Å². The fourth-order valence-corrected chi connectivity index (χ4v) is 5.74. The summed E-state index contributed by atoms with van der Waals surface area (Å²) in [5.74, 6) is 0.185. The molecule has 0 aromatic heterocycles. The number of nitrogens with one attached hydrogen (secondary N) is 1. The number of likely N-dealkylation sites (tertiary alicyclic amines) is 1. The number of anilines is 1. The third-order valence-electron chi connectivity index (χ3n) is 5.94. The SMILES string of the molecule is O=C1COc2cc(S(=O)(=O)N3CCC(C(=O)N4CCCCCC4)CC3)ccc2N1. The van der Waals surface area contributed by atoms with E-state index in [1.54, 1.807) is 6.07 Å². The molecule has 158 valence electrons. The van der Waals surface area contributed by atoms with Crippen LogP contribution in [0.25, 0.3) is 0 Å². The van der Waals surface area contributed by atoms with E-state index in [0.29, 0.717) is 37.4 Å². The minimum atomic E-state index is -3.67. The molecule has 2 amide bonds. The van der Waals surface area contributed by atoms with Crippen LogP contribution in [0.15, 0.2) is 23.1 Å². The summed E-state index contributed by atoms with van der Waals surface area (Å²) in [5.41, 5.74) is 0.474. The molecular formula is C20H27N3O5S. The summed E-state index contributed by atoms with van der Waals surface area (Å²) in [7, 11) is -3.67. The molecule has 1 N–H and O–H groups in total. The highest BCUT2D eigenvalue weighted by Crippen LogP contribution is 2.32. The summed E-state index contributed by atoms with van der Waals surface area (Å²) >= 11 is 0. The van der Waals surface area contributed by atoms with Gasteiger partial charge < -0.3 is 15.0 Å². The minimum Gasteiger partial charge on any atom is -0.482 e. The van der Waals surface area contributed by atoms with Gasteiger partial charge >= 0.3 is 0 Å². The predicted octanol–water partition coefficient (Wildman–Crippen LogP) is 1.82. The van der Waals surface area contributed by atoms with Crippen LogP contribution in [0.3, 0.4) is 0 Å². The number of piperidine rings is 1. The van der Waals surface area contributed by atoms with Crippen LogP contribution in [0, 0.1) is 5.92 Å². The van der Waals surface area contributed by atoms with Crippen molar-refractivity contribution in [3.05, 3.63) is 18.2 Å². The van der Waals surface area contributed by atoms with Gasteiger partial charge in [0.15, 0.2) is 6.61 Å². The molecule has 1 aromatic carbocycles. The molecule has 1 aromatic rings. The first-order chi connectivity index (χ1) is 13.9. The van der Waals surface area contributed by atoms with Crippen molar-refractivity contribution in [1.29, 1.82) is 0 Å². The van der Waals surface area contributed by atoms with Crippen LogP contribution in [-0.4, -0.2) is 62.2 Å². The number of nitrogens with zero attached hydrogens (tertiary/aromatic N) is 2. The third-order valence-corrected chi connectivity index (χ3v) is 7.84. The maximum absolute atomic E-state index is 13.0. The molecule has 9 heteroatoms. The number of benzene rings is 1. The Hall–Kier alpha value is -2.13. The van der Waals surface area contributed by atoms with E-state index < -0.39 is 10.0 Å². The second kappa shape index (κ2) is 8.31. The zero-order valence-electron chi connectivity index (χ0n) is 16.4. The van der Waals surface area contributed by atoms with E-state index in [2.05, 4.69) is 5.32 Å². The Kier molecular flexibility index (Phi) is 5.78. The molecule has 0 unspecified atom stereocenters. The first-order valence-electron chi connectivity index (χ1n) is 10.3. The van der Waals surface area contributed by atoms with E-state index in [0.717, 1.165) is 25.9 Å². The number of carbonyl (C=O) groups is 2. The maximum atomic E-state index is 13.0. The van der Waals surface area contributed by atoms with Gasteiger partial charge in [-0.1, -0.05) is 12.8 Å². The summed E-state index contributed by atoms with van der Waals surface area (Å²) in [6.07, 6.45) is 5.56. The molecule has 0 atom stereocenters. The Morgan fingerprint density at radius 2 is 1.72 bits per heavy atom. The average molecular weight is 422 g/mol. The number of sulfonamides is 1. The lowest BCUT2D eigenvalue weighted by molar-refractivity contribution is -0.136. The molecule has 29 heavy (non-hydrogen) atoms. The summed E-state index contributed by atoms with van der Waals surface area (Å²) < 4.78 is 32.9. The van der Waals surface area contributed by atoms with Crippen molar-refractivity contribution in [2.75, 3.05) is 38.1 Å². The Morgan fingerprint density at radius 3 is 2.41 bits per heavy atom. The van der Waals surface area contributed by atoms with Crippen molar-refractivity contribution in [2.45, 2.75) is 43.4 Å². The summed E-state index contributed by atoms with van der Waals surface area (Å²) in [6.45, 7) is 2.19. The van der Waals surface area contributed by atoms with Gasteiger partial charge in [-0.05, 0) is 37.8 Å². The molecule has 2 saturated heterocycles. The van der Waals surface area contributed by atoms with Gasteiger partial charge in [-0.3, -0.25) is 9.59 Å². The van der Waals surface area contributed by atoms with Gasteiger partial charge in [-0.2, -0.15) is 4.31 Å². The molecule has 0 aliphatic carbocycles. The predicted molar refractivity (Wildman–Crippen MR) is 107 cm³/mol. The first-order valence-corrected chi connectivity index (χ1v) is 11.7. The smallest absolute Gasteiger partial charge is 0.262 e. The second-order valence-electron chi connectivity index (χ2n) is 7.91. The van der Waals surface area contributed by atoms with E-state index in [1.807, 2.05) is 4.90 Å². The van der Waals surface area contributed by atoms with Crippen molar-refractivity contribution in [1.82, 2.24) is 9.21 Å². The topological polar surface area (TPSA) is 96.0 Å². The number of carbonyl (C=O) groups excluding carboxylic acids is 2. The number of hydrogen-bond donors (Lipinski definition) is 1. The molecule has 3 aliphatic rings. The van der Waals surface area contributed by atoms with Crippen molar-refractivity contribution >= 4 is 27.5 Å². The number of ether oxygens (including phenoxy) is 1. The van der Waals surface area contributed by atoms with Crippen molar-refractivity contribution in [3.63, 3.8) is 0 Å². The second-order valence-corrected chi connectivity index (χ2v) is 9.85. The molecule has 2 fully saturated rings. The van der Waals surface area contributed by atoms with Crippen molar-refractivity contribution in [2.24, 2.45) is 5.92 Å². The number of rotatable bonds is 3. The Bertz CT molecular complexity index is 885. The molecule has 0 spiro atoms. The lowest BCUT2D eigenvalue weighted by Crippen LogP contribution is -2.44. The summed E-state index contributed by atoms with van der Waals surface area (Å²) in [5, 5.41) is 2.66. The van der Waals surface area contributed by atoms with Crippen LogP contribution < -0.4 is 10.1 Å². The fourth-order valence-electron chi connectivity index (χ4n) is 4.26. The molecule has 0 bridgehead atoms. The summed E-state index contributed by atoms with van der Waals surface area (Å²) in [4.78, 5) is 26.3. The minimum absolute atomic E-state index is 0.0957. The van der Waals surface area contributed by atoms with Gasteiger partial charge in [0, 0.05) is 38.2 Å². The van der Waals surface area contributed by atoms with Crippen LogP contribution in [-0.2, 0) is 19.6 Å². The monoisotopic (exact) mass is 421 g/mol. The van der Waals surface area contributed by atoms with E-state index in [4.69, 9.17) is 4.74 Å². The average Bonchev–Trinajstić information content (AvgIpc) is 3.02. The lowest BCUT2D eigenvalue weighted by Gasteiger charge is -2.33. The van der Waals surface area contributed by atoms with Gasteiger partial charge in [-0.15, -0.1) is 0 Å². The largest absolute Gasteiger partial charge is 0.482 e. The standard InChI is InChI=1S/C20H27N3O5S/c24-19-14-28-18-13-16(5-6-17(18)21-19)29(26,27)23-11-7-15(8-12-23)20(25)22-9-3-1-2-4-10-22/h5-6,13,15H,1-4,7-12,14H2,(H,21,24). The Labute approximate surface area is 171 Å². The van der Waals surface area contributed by atoms with Gasteiger partial charge in [0.05, 0.1) is 10.6 Å². The van der Waals surface area contributed by atoms with Gasteiger partial charge in [0.1, 0.15) is 5.75 Å². The molecule has 0 saturated carbocycles. The first kappa shape index (κ1) is 20.2. The van der Waals surface area contributed by atoms with E-state index in [1.165, 1.54) is 29.3 Å². The quantitative estimate of drug-likeness (QED) is 0.803. The van der Waals surface area contributed by atoms with Gasteiger partial charge in [0.2, 0.25) is 15.9 Å². The van der Waals surface area contributed by atoms with Crippen LogP contribution in [0.4, 0.5) is 5.69 Å². The van der Waals surface area contributed by atoms with Crippen molar-refractivity contribution in [3.8, 4) is 5.75 Å². The highest BCUT2D eigenvalue weighted by atomic mass is 32.2. The van der Waals surface area contributed by atoms with Gasteiger partial charge in [0.25, 0.3) is 5.91 Å². The van der Waals surface area contributed by atoms with E-state index in [9.17, 15) is 18.0 Å². The molecular weight excluding hydrogens is 394 g/mol. The fraction of sp³-hybridized carbons (Fsp3) is 0.600. The van der Waals surface area contributed by atoms with Crippen molar-refractivity contribution < 1.29 is 22.7 Å². The normalized spacial score (nSPS) is 21.7. The Morgan fingerprint density at radius 1 is 1.03 bits per heavy atom. The summed E-state index contributed by atoms with van der Waals surface area (Å²) in [6, 6.07) is 4.49.